The molecule has 1 heterocycles. The highest BCUT2D eigenvalue weighted by Crippen LogP contribution is 2.31. The third-order valence-electron chi connectivity index (χ3n) is 4.35. The Morgan fingerprint density at radius 2 is 2.00 bits per heavy atom. The van der Waals surface area contributed by atoms with E-state index in [9.17, 15) is 9.18 Å². The number of nitrogens with zero attached hydrogens (tertiary/aromatic N) is 1. The van der Waals surface area contributed by atoms with Gasteiger partial charge in [0.2, 0.25) is 5.91 Å². The lowest BCUT2D eigenvalue weighted by Gasteiger charge is -2.32. The fourth-order valence-corrected chi connectivity index (χ4v) is 3.03. The molecule has 1 saturated heterocycles. The predicted octanol–water partition coefficient (Wildman–Crippen LogP) is 2.97. The number of benzene rings is 1. The minimum Gasteiger partial charge on any atom is -0.342 e. The van der Waals surface area contributed by atoms with E-state index in [2.05, 4.69) is 5.32 Å². The van der Waals surface area contributed by atoms with Gasteiger partial charge in [0, 0.05) is 37.2 Å². The maximum atomic E-state index is 13.8. The van der Waals surface area contributed by atoms with Crippen LogP contribution in [0.25, 0.3) is 0 Å². The molecule has 0 unspecified atom stereocenters. The number of nitrogens with one attached hydrogen (secondary N) is 1. The van der Waals surface area contributed by atoms with Crippen molar-refractivity contribution < 1.29 is 9.18 Å². The highest BCUT2D eigenvalue weighted by atomic mass is 35.5. The molecule has 1 aromatic rings. The molecule has 3 rings (SSSR count). The lowest BCUT2D eigenvalue weighted by atomic mass is 10.0. The number of hydrogen-bond acceptors (Lipinski definition) is 2. The van der Waals surface area contributed by atoms with Gasteiger partial charge in [-0.15, -0.1) is 0 Å². The van der Waals surface area contributed by atoms with Crippen molar-refractivity contribution in [3.05, 3.63) is 34.6 Å². The van der Waals surface area contributed by atoms with Crippen molar-refractivity contribution in [2.75, 3.05) is 13.1 Å². The lowest BCUT2D eigenvalue weighted by Crippen LogP contribution is -2.45. The summed E-state index contributed by atoms with van der Waals surface area (Å²) in [4.78, 5) is 14.0. The summed E-state index contributed by atoms with van der Waals surface area (Å²) >= 11 is 5.78. The van der Waals surface area contributed by atoms with Crippen LogP contribution in [0, 0.1) is 11.7 Å². The first kappa shape index (κ1) is 14.8. The zero-order valence-electron chi connectivity index (χ0n) is 11.9. The van der Waals surface area contributed by atoms with Crippen LogP contribution >= 0.6 is 11.6 Å². The van der Waals surface area contributed by atoms with E-state index < -0.39 is 0 Å². The topological polar surface area (TPSA) is 32.3 Å². The van der Waals surface area contributed by atoms with Gasteiger partial charge < -0.3 is 10.2 Å². The molecule has 1 amide bonds. The molecular formula is C16H20ClFN2O. The van der Waals surface area contributed by atoms with Crippen LogP contribution in [0.1, 0.15) is 31.2 Å². The van der Waals surface area contributed by atoms with Crippen LogP contribution in [0.2, 0.25) is 5.02 Å². The summed E-state index contributed by atoms with van der Waals surface area (Å²) in [6.07, 6.45) is 3.98. The minimum atomic E-state index is -0.340. The van der Waals surface area contributed by atoms with Gasteiger partial charge in [0.05, 0.1) is 5.02 Å². The van der Waals surface area contributed by atoms with Crippen molar-refractivity contribution in [2.24, 2.45) is 5.92 Å². The van der Waals surface area contributed by atoms with Gasteiger partial charge in [0.15, 0.2) is 0 Å². The highest BCUT2D eigenvalue weighted by Gasteiger charge is 2.34. The van der Waals surface area contributed by atoms with Crippen LogP contribution in [0.4, 0.5) is 4.39 Å². The van der Waals surface area contributed by atoms with Crippen LogP contribution in [0.5, 0.6) is 0 Å². The predicted molar refractivity (Wildman–Crippen MR) is 80.6 cm³/mol. The van der Waals surface area contributed by atoms with Gasteiger partial charge in [-0.25, -0.2) is 4.39 Å². The summed E-state index contributed by atoms with van der Waals surface area (Å²) < 4.78 is 13.8. The van der Waals surface area contributed by atoms with Gasteiger partial charge in [-0.3, -0.25) is 4.79 Å². The van der Waals surface area contributed by atoms with Gasteiger partial charge in [-0.2, -0.15) is 0 Å². The Labute approximate surface area is 129 Å². The van der Waals surface area contributed by atoms with E-state index in [1.807, 2.05) is 4.90 Å². The van der Waals surface area contributed by atoms with Gasteiger partial charge >= 0.3 is 0 Å². The molecule has 0 spiro atoms. The molecule has 21 heavy (non-hydrogen) atoms. The normalized spacial score (nSPS) is 19.8. The molecule has 0 radical (unpaired) electrons. The molecule has 1 saturated carbocycles. The van der Waals surface area contributed by atoms with Gasteiger partial charge in [0.1, 0.15) is 5.82 Å². The Morgan fingerprint density at radius 3 is 2.67 bits per heavy atom. The number of halogens is 2. The number of carbonyl (C=O) groups excluding carboxylic acids is 1. The first-order valence-electron chi connectivity index (χ1n) is 7.60. The van der Waals surface area contributed by atoms with E-state index in [1.54, 1.807) is 18.2 Å². The SMILES string of the molecule is O=C(C1CC1)N1CCC(NCc2cccc(Cl)c2F)CC1. The summed E-state index contributed by atoms with van der Waals surface area (Å²) in [5.74, 6) is 0.289. The van der Waals surface area contributed by atoms with Crippen molar-refractivity contribution in [1.82, 2.24) is 10.2 Å². The second kappa shape index (κ2) is 6.32. The van der Waals surface area contributed by atoms with Crippen molar-refractivity contribution >= 4 is 17.5 Å². The standard InChI is InChI=1S/C16H20ClFN2O/c17-14-3-1-2-12(15(14)18)10-19-13-6-8-20(9-7-13)16(21)11-4-5-11/h1-3,11,13,19H,4-10H2. The Balaban J connectivity index is 1.47. The molecule has 1 aliphatic heterocycles. The van der Waals surface area contributed by atoms with Crippen molar-refractivity contribution in [2.45, 2.75) is 38.3 Å². The second-order valence-electron chi connectivity index (χ2n) is 5.97. The largest absolute Gasteiger partial charge is 0.342 e. The van der Waals surface area contributed by atoms with Crippen LogP contribution in [0.3, 0.4) is 0 Å². The Bertz CT molecular complexity index is 525. The molecule has 1 N–H and O–H groups in total. The van der Waals surface area contributed by atoms with E-state index in [0.29, 0.717) is 30.0 Å². The summed E-state index contributed by atoms with van der Waals surface area (Å²) in [5, 5.41) is 3.54. The number of hydrogen-bond donors (Lipinski definition) is 1. The monoisotopic (exact) mass is 310 g/mol. The zero-order chi connectivity index (χ0) is 14.8. The van der Waals surface area contributed by atoms with Crippen LogP contribution in [-0.2, 0) is 11.3 Å². The van der Waals surface area contributed by atoms with Crippen LogP contribution in [0.15, 0.2) is 18.2 Å². The smallest absolute Gasteiger partial charge is 0.225 e. The molecule has 114 valence electrons. The molecule has 0 bridgehead atoms. The summed E-state index contributed by atoms with van der Waals surface area (Å²) in [6.45, 7) is 2.10. The first-order chi connectivity index (χ1) is 10.1. The molecule has 0 aromatic heterocycles. The van der Waals surface area contributed by atoms with Crippen molar-refractivity contribution in [3.63, 3.8) is 0 Å². The van der Waals surface area contributed by atoms with Gasteiger partial charge in [-0.1, -0.05) is 23.7 Å². The van der Waals surface area contributed by atoms with Crippen LogP contribution in [-0.4, -0.2) is 29.9 Å². The maximum Gasteiger partial charge on any atom is 0.225 e. The van der Waals surface area contributed by atoms with E-state index in [-0.39, 0.29) is 10.8 Å². The van der Waals surface area contributed by atoms with E-state index >= 15 is 0 Å². The van der Waals surface area contributed by atoms with E-state index in [0.717, 1.165) is 38.8 Å². The third-order valence-corrected chi connectivity index (χ3v) is 4.64. The van der Waals surface area contributed by atoms with Crippen molar-refractivity contribution in [3.8, 4) is 0 Å². The lowest BCUT2D eigenvalue weighted by molar-refractivity contribution is -0.133. The zero-order valence-corrected chi connectivity index (χ0v) is 12.7. The summed E-state index contributed by atoms with van der Waals surface area (Å²) in [5.41, 5.74) is 0.596. The average Bonchev–Trinajstić information content (AvgIpc) is 3.33. The van der Waals surface area contributed by atoms with Gasteiger partial charge in [-0.05, 0) is 31.7 Å². The Kier molecular flexibility index (Phi) is 4.45. The maximum absolute atomic E-state index is 13.8. The number of carbonyl (C=O) groups is 1. The average molecular weight is 311 g/mol. The number of amides is 1. The fraction of sp³-hybridized carbons (Fsp3) is 0.562. The molecule has 1 aromatic carbocycles. The molecule has 2 aliphatic rings. The fourth-order valence-electron chi connectivity index (χ4n) is 2.83. The number of likely N-dealkylation sites (tertiary alicyclic amines) is 1. The highest BCUT2D eigenvalue weighted by molar-refractivity contribution is 6.30. The Hall–Kier alpha value is -1.13. The number of rotatable bonds is 4. The van der Waals surface area contributed by atoms with E-state index in [1.165, 1.54) is 0 Å². The number of piperidine rings is 1. The molecule has 2 fully saturated rings. The summed E-state index contributed by atoms with van der Waals surface area (Å²) in [7, 11) is 0. The van der Waals surface area contributed by atoms with Crippen molar-refractivity contribution in [1.29, 1.82) is 0 Å². The molecule has 3 nitrogen and oxygen atoms in total. The van der Waals surface area contributed by atoms with E-state index in [4.69, 9.17) is 11.6 Å². The summed E-state index contributed by atoms with van der Waals surface area (Å²) in [6, 6.07) is 5.41. The molecule has 0 atom stereocenters. The molecule has 5 heteroatoms. The second-order valence-corrected chi connectivity index (χ2v) is 6.37. The quantitative estimate of drug-likeness (QED) is 0.927. The third kappa shape index (κ3) is 3.55. The Morgan fingerprint density at radius 1 is 1.29 bits per heavy atom. The minimum absolute atomic E-state index is 0.166. The molecular weight excluding hydrogens is 291 g/mol. The van der Waals surface area contributed by atoms with Gasteiger partial charge in [0.25, 0.3) is 0 Å². The first-order valence-corrected chi connectivity index (χ1v) is 7.98. The van der Waals surface area contributed by atoms with Crippen LogP contribution < -0.4 is 5.32 Å². The molecule has 1 aliphatic carbocycles.